The van der Waals surface area contributed by atoms with Gasteiger partial charge in [-0.1, -0.05) is 26.3 Å². The molecular formula is C10H14O. The predicted molar refractivity (Wildman–Crippen MR) is 44.2 cm³/mol. The van der Waals surface area contributed by atoms with Crippen LogP contribution < -0.4 is 0 Å². The van der Waals surface area contributed by atoms with Gasteiger partial charge in [-0.15, -0.1) is 0 Å². The summed E-state index contributed by atoms with van der Waals surface area (Å²) in [4.78, 5) is 11.5. The van der Waals surface area contributed by atoms with Crippen molar-refractivity contribution in [3.8, 4) is 0 Å². The van der Waals surface area contributed by atoms with Crippen molar-refractivity contribution in [1.82, 2.24) is 0 Å². The molecular weight excluding hydrogens is 136 g/mol. The normalized spacial score (nSPS) is 39.5. The van der Waals surface area contributed by atoms with Crippen LogP contribution in [0.4, 0.5) is 0 Å². The Bertz CT molecular complexity index is 260. The number of ketones is 1. The highest BCUT2D eigenvalue weighted by molar-refractivity contribution is 6.00. The summed E-state index contributed by atoms with van der Waals surface area (Å²) in [5, 5.41) is 0. The second kappa shape index (κ2) is 1.60. The molecule has 2 aliphatic carbocycles. The molecule has 0 aliphatic heterocycles. The van der Waals surface area contributed by atoms with Crippen LogP contribution in [0.15, 0.2) is 11.6 Å². The minimum absolute atomic E-state index is 0.0671. The van der Waals surface area contributed by atoms with E-state index in [1.54, 1.807) is 0 Å². The first kappa shape index (κ1) is 7.08. The second-order valence-corrected chi connectivity index (χ2v) is 4.49. The van der Waals surface area contributed by atoms with E-state index in [0.717, 1.165) is 12.8 Å². The summed E-state index contributed by atoms with van der Waals surface area (Å²) in [6, 6.07) is 0. The van der Waals surface area contributed by atoms with Crippen molar-refractivity contribution in [3.05, 3.63) is 11.6 Å². The molecule has 0 aromatic carbocycles. The van der Waals surface area contributed by atoms with E-state index in [-0.39, 0.29) is 10.8 Å². The standard InChI is InChI=1S/C10H14O/c1-9(2)7-4-5-10(9,3)8(11)6-7/h6H,4-5H2,1-3H3. The van der Waals surface area contributed by atoms with Crippen molar-refractivity contribution >= 4 is 5.78 Å². The van der Waals surface area contributed by atoms with Crippen molar-refractivity contribution in [2.75, 3.05) is 0 Å². The molecule has 0 N–H and O–H groups in total. The Morgan fingerprint density at radius 2 is 2.00 bits per heavy atom. The maximum Gasteiger partial charge on any atom is 0.162 e. The molecule has 1 heteroatoms. The number of carbonyl (C=O) groups is 1. The summed E-state index contributed by atoms with van der Waals surface area (Å²) in [5.74, 6) is 0.351. The molecule has 1 saturated carbocycles. The van der Waals surface area contributed by atoms with Crippen LogP contribution in [0.2, 0.25) is 0 Å². The third-order valence-electron chi connectivity index (χ3n) is 3.93. The number of fused-ring (bicyclic) bond motifs is 2. The Balaban J connectivity index is 2.59. The van der Waals surface area contributed by atoms with Crippen LogP contribution in [-0.2, 0) is 4.79 Å². The van der Waals surface area contributed by atoms with E-state index < -0.39 is 0 Å². The van der Waals surface area contributed by atoms with Crippen LogP contribution in [-0.4, -0.2) is 5.78 Å². The molecule has 60 valence electrons. The predicted octanol–water partition coefficient (Wildman–Crippen LogP) is 2.32. The lowest BCUT2D eigenvalue weighted by molar-refractivity contribution is -0.125. The summed E-state index contributed by atoms with van der Waals surface area (Å²) in [6.07, 6.45) is 4.06. The molecule has 0 radical (unpaired) electrons. The van der Waals surface area contributed by atoms with Gasteiger partial charge in [-0.3, -0.25) is 4.79 Å². The molecule has 0 saturated heterocycles. The van der Waals surface area contributed by atoms with Gasteiger partial charge in [0.15, 0.2) is 5.78 Å². The zero-order valence-electron chi connectivity index (χ0n) is 7.40. The number of hydrogen-bond acceptors (Lipinski definition) is 1. The van der Waals surface area contributed by atoms with Crippen molar-refractivity contribution in [1.29, 1.82) is 0 Å². The third kappa shape index (κ3) is 0.559. The average molecular weight is 150 g/mol. The van der Waals surface area contributed by atoms with Gasteiger partial charge >= 0.3 is 0 Å². The lowest BCUT2D eigenvalue weighted by Gasteiger charge is -2.31. The first-order valence-corrected chi connectivity index (χ1v) is 4.24. The molecule has 1 unspecified atom stereocenters. The van der Waals surface area contributed by atoms with Crippen LogP contribution >= 0.6 is 0 Å². The summed E-state index contributed by atoms with van der Waals surface area (Å²) in [5.41, 5.74) is 1.44. The Kier molecular flexibility index (Phi) is 1.03. The molecule has 2 rings (SSSR count). The summed E-state index contributed by atoms with van der Waals surface area (Å²) in [7, 11) is 0. The molecule has 2 bridgehead atoms. The minimum Gasteiger partial charge on any atom is -0.294 e. The second-order valence-electron chi connectivity index (χ2n) is 4.49. The van der Waals surface area contributed by atoms with Gasteiger partial charge in [0, 0.05) is 5.41 Å². The van der Waals surface area contributed by atoms with E-state index in [2.05, 4.69) is 20.8 Å². The van der Waals surface area contributed by atoms with Crippen LogP contribution in [0.5, 0.6) is 0 Å². The highest BCUT2D eigenvalue weighted by Gasteiger charge is 2.56. The lowest BCUT2D eigenvalue weighted by Crippen LogP contribution is -2.32. The van der Waals surface area contributed by atoms with E-state index in [1.165, 1.54) is 5.57 Å². The van der Waals surface area contributed by atoms with E-state index >= 15 is 0 Å². The zero-order valence-corrected chi connectivity index (χ0v) is 7.40. The van der Waals surface area contributed by atoms with Gasteiger partial charge in [0.2, 0.25) is 0 Å². The maximum absolute atomic E-state index is 11.5. The Morgan fingerprint density at radius 3 is 2.18 bits per heavy atom. The Morgan fingerprint density at radius 1 is 1.36 bits per heavy atom. The van der Waals surface area contributed by atoms with Gasteiger partial charge in [-0.2, -0.15) is 0 Å². The van der Waals surface area contributed by atoms with Gasteiger partial charge in [0.1, 0.15) is 0 Å². The molecule has 2 aliphatic rings. The van der Waals surface area contributed by atoms with Gasteiger partial charge in [0.25, 0.3) is 0 Å². The monoisotopic (exact) mass is 150 g/mol. The quantitative estimate of drug-likeness (QED) is 0.518. The number of rotatable bonds is 0. The smallest absolute Gasteiger partial charge is 0.162 e. The fourth-order valence-electron chi connectivity index (χ4n) is 2.37. The van der Waals surface area contributed by atoms with Crippen molar-refractivity contribution in [3.63, 3.8) is 0 Å². The molecule has 0 spiro atoms. The van der Waals surface area contributed by atoms with Crippen molar-refractivity contribution < 1.29 is 4.79 Å². The van der Waals surface area contributed by atoms with Gasteiger partial charge in [0.05, 0.1) is 0 Å². The van der Waals surface area contributed by atoms with Crippen molar-refractivity contribution in [2.45, 2.75) is 33.6 Å². The van der Waals surface area contributed by atoms with E-state index in [0.29, 0.717) is 5.78 Å². The lowest BCUT2D eigenvalue weighted by atomic mass is 9.70. The molecule has 1 fully saturated rings. The minimum atomic E-state index is -0.0671. The molecule has 11 heavy (non-hydrogen) atoms. The van der Waals surface area contributed by atoms with Gasteiger partial charge in [-0.05, 0) is 24.3 Å². The maximum atomic E-state index is 11.5. The summed E-state index contributed by atoms with van der Waals surface area (Å²) < 4.78 is 0. The molecule has 0 amide bonds. The number of allylic oxidation sites excluding steroid dienone is 2. The van der Waals surface area contributed by atoms with Crippen LogP contribution in [0.1, 0.15) is 33.6 Å². The zero-order chi connectivity index (χ0) is 8.28. The number of carbonyl (C=O) groups excluding carboxylic acids is 1. The molecule has 0 aromatic rings. The Labute approximate surface area is 67.5 Å². The summed E-state index contributed by atoms with van der Waals surface area (Å²) >= 11 is 0. The average Bonchev–Trinajstić information content (AvgIpc) is 2.20. The molecule has 1 nitrogen and oxygen atoms in total. The summed E-state index contributed by atoms with van der Waals surface area (Å²) in [6.45, 7) is 6.49. The van der Waals surface area contributed by atoms with E-state index in [9.17, 15) is 4.79 Å². The van der Waals surface area contributed by atoms with Crippen molar-refractivity contribution in [2.24, 2.45) is 10.8 Å². The third-order valence-corrected chi connectivity index (χ3v) is 3.93. The van der Waals surface area contributed by atoms with Crippen LogP contribution in [0.3, 0.4) is 0 Å². The fraction of sp³-hybridized carbons (Fsp3) is 0.700. The van der Waals surface area contributed by atoms with Crippen LogP contribution in [0.25, 0.3) is 0 Å². The topological polar surface area (TPSA) is 17.1 Å². The SMILES string of the molecule is CC1(C)C2=CC(=O)C1(C)CC2. The first-order valence-electron chi connectivity index (χ1n) is 4.24. The molecule has 0 aromatic heterocycles. The molecule has 1 atom stereocenters. The van der Waals surface area contributed by atoms with Crippen LogP contribution in [0, 0.1) is 10.8 Å². The van der Waals surface area contributed by atoms with Gasteiger partial charge in [-0.25, -0.2) is 0 Å². The molecule has 0 heterocycles. The number of hydrogen-bond donors (Lipinski definition) is 0. The van der Waals surface area contributed by atoms with E-state index in [1.807, 2.05) is 6.08 Å². The Hall–Kier alpha value is -0.590. The first-order chi connectivity index (χ1) is 4.98. The van der Waals surface area contributed by atoms with E-state index in [4.69, 9.17) is 0 Å². The largest absolute Gasteiger partial charge is 0.294 e. The fourth-order valence-corrected chi connectivity index (χ4v) is 2.37. The highest BCUT2D eigenvalue weighted by Crippen LogP contribution is 2.60. The highest BCUT2D eigenvalue weighted by atomic mass is 16.1. The van der Waals surface area contributed by atoms with Gasteiger partial charge < -0.3 is 0 Å².